The number of halogens is 1. The first-order valence-electron chi connectivity index (χ1n) is 13.2. The first-order chi connectivity index (χ1) is 16.4. The first-order valence-corrected chi connectivity index (χ1v) is 13.6. The average molecular weight is 501 g/mol. The van der Waals surface area contributed by atoms with Gasteiger partial charge in [-0.2, -0.15) is 0 Å². The lowest BCUT2D eigenvalue weighted by atomic mass is 9.66. The van der Waals surface area contributed by atoms with Gasteiger partial charge in [0.2, 0.25) is 0 Å². The number of carboxylic acid groups (broad SMARTS) is 1. The second-order valence-corrected chi connectivity index (χ2v) is 12.9. The van der Waals surface area contributed by atoms with Crippen molar-refractivity contribution in [1.29, 1.82) is 0 Å². The Bertz CT molecular complexity index is 1010. The molecule has 0 radical (unpaired) electrons. The van der Waals surface area contributed by atoms with E-state index in [1.807, 2.05) is 0 Å². The number of aliphatic carboxylic acids is 1. The molecule has 1 aromatic carbocycles. The van der Waals surface area contributed by atoms with Crippen molar-refractivity contribution in [3.05, 3.63) is 46.1 Å². The van der Waals surface area contributed by atoms with E-state index in [0.717, 1.165) is 54.7 Å². The third-order valence-electron chi connectivity index (χ3n) is 8.55. The molecule has 6 heteroatoms. The van der Waals surface area contributed by atoms with E-state index >= 15 is 0 Å². The van der Waals surface area contributed by atoms with Gasteiger partial charge < -0.3 is 10.4 Å². The van der Waals surface area contributed by atoms with Gasteiger partial charge in [0.05, 0.1) is 11.5 Å². The van der Waals surface area contributed by atoms with Gasteiger partial charge >= 0.3 is 12.0 Å². The van der Waals surface area contributed by atoms with Crippen LogP contribution in [0.5, 0.6) is 0 Å². The van der Waals surface area contributed by atoms with Gasteiger partial charge in [-0.15, -0.1) is 0 Å². The molecule has 2 saturated carbocycles. The van der Waals surface area contributed by atoms with Gasteiger partial charge in [0.15, 0.2) is 0 Å². The summed E-state index contributed by atoms with van der Waals surface area (Å²) in [6.07, 6.45) is 8.73. The molecule has 2 fully saturated rings. The molecule has 1 aliphatic heterocycles. The van der Waals surface area contributed by atoms with Crippen molar-refractivity contribution in [3.63, 3.8) is 0 Å². The van der Waals surface area contributed by atoms with E-state index in [0.29, 0.717) is 24.7 Å². The van der Waals surface area contributed by atoms with Crippen LogP contribution < -0.4 is 5.32 Å². The maximum atomic E-state index is 13.5. The summed E-state index contributed by atoms with van der Waals surface area (Å²) in [5.74, 6) is -0.00735. The number of aryl methyl sites for hydroxylation is 1. The summed E-state index contributed by atoms with van der Waals surface area (Å²) in [5, 5.41) is 13.6. The molecule has 35 heavy (non-hydrogen) atoms. The van der Waals surface area contributed by atoms with Crippen molar-refractivity contribution in [2.75, 3.05) is 0 Å². The molecule has 1 unspecified atom stereocenters. The van der Waals surface area contributed by atoms with Crippen LogP contribution in [-0.2, 0) is 16.8 Å². The van der Waals surface area contributed by atoms with Gasteiger partial charge in [0.1, 0.15) is 0 Å². The molecule has 2 amide bonds. The highest BCUT2D eigenvalue weighted by Gasteiger charge is 2.48. The highest BCUT2D eigenvalue weighted by atomic mass is 35.5. The van der Waals surface area contributed by atoms with E-state index in [-0.39, 0.29) is 23.4 Å². The summed E-state index contributed by atoms with van der Waals surface area (Å²) >= 11 is 6.80. The number of amides is 2. The molecular formula is C29H41ClN2O3. The zero-order chi connectivity index (χ0) is 25.5. The summed E-state index contributed by atoms with van der Waals surface area (Å²) < 4.78 is 0. The molecule has 0 aromatic heterocycles. The highest BCUT2D eigenvalue weighted by molar-refractivity contribution is 6.31. The summed E-state index contributed by atoms with van der Waals surface area (Å²) in [6, 6.07) is 6.16. The maximum Gasteiger partial charge on any atom is 0.322 e. The molecule has 2 N–H and O–H groups in total. The minimum absolute atomic E-state index is 0.0654. The number of benzene rings is 1. The Morgan fingerprint density at radius 3 is 2.60 bits per heavy atom. The second-order valence-electron chi connectivity index (χ2n) is 12.5. The number of carbonyl (C=O) groups is 2. The van der Waals surface area contributed by atoms with Gasteiger partial charge in [-0.25, -0.2) is 4.79 Å². The van der Waals surface area contributed by atoms with Crippen LogP contribution in [0.4, 0.5) is 4.79 Å². The predicted octanol–water partition coefficient (Wildman–Crippen LogP) is 7.13. The molecule has 0 saturated heterocycles. The van der Waals surface area contributed by atoms with Crippen molar-refractivity contribution >= 4 is 23.6 Å². The van der Waals surface area contributed by atoms with Crippen LogP contribution >= 0.6 is 11.6 Å². The van der Waals surface area contributed by atoms with Crippen LogP contribution in [0.15, 0.2) is 30.0 Å². The molecule has 0 bridgehead atoms. The fourth-order valence-electron chi connectivity index (χ4n) is 6.10. The van der Waals surface area contributed by atoms with Crippen LogP contribution in [0.25, 0.3) is 0 Å². The molecule has 0 spiro atoms. The van der Waals surface area contributed by atoms with Crippen molar-refractivity contribution in [1.82, 2.24) is 10.2 Å². The minimum Gasteiger partial charge on any atom is -0.481 e. The molecule has 3 aliphatic rings. The number of carboxylic acids is 1. The van der Waals surface area contributed by atoms with Crippen molar-refractivity contribution in [2.45, 2.75) is 97.6 Å². The Hall–Kier alpha value is -2.01. The maximum absolute atomic E-state index is 13.5. The minimum atomic E-state index is -0.759. The predicted molar refractivity (Wildman–Crippen MR) is 140 cm³/mol. The summed E-state index contributed by atoms with van der Waals surface area (Å²) in [4.78, 5) is 26.8. The Morgan fingerprint density at radius 2 is 2.00 bits per heavy atom. The third-order valence-corrected chi connectivity index (χ3v) is 8.90. The molecule has 1 aromatic rings. The molecule has 2 aliphatic carbocycles. The van der Waals surface area contributed by atoms with E-state index in [4.69, 9.17) is 11.6 Å². The van der Waals surface area contributed by atoms with Gasteiger partial charge in [-0.3, -0.25) is 9.69 Å². The number of nitrogens with one attached hydrogen (secondary N) is 1. The van der Waals surface area contributed by atoms with E-state index in [2.05, 4.69) is 64.3 Å². The second kappa shape index (κ2) is 9.80. The standard InChI is InChI=1S/C29H41ClN2O3/c1-18(2)20-11-13-29(22-8-6-19(25(30)16-22)10-12-28(3,4)5)23(14-20)17-32(27(35)31-29)24-9-7-21(15-24)26(33)34/h6,8,16-18,20-21,24H,7,9-15H2,1-5H3,(H,31,35)(H,33,34)/t20?,21-,24+,29-/m1/s1. The van der Waals surface area contributed by atoms with Gasteiger partial charge in [0, 0.05) is 17.3 Å². The molecule has 4 atom stereocenters. The number of hydrogen-bond donors (Lipinski definition) is 2. The number of hydrogen-bond acceptors (Lipinski definition) is 2. The zero-order valence-corrected chi connectivity index (χ0v) is 22.6. The van der Waals surface area contributed by atoms with Crippen molar-refractivity contribution in [2.24, 2.45) is 23.2 Å². The Kier molecular flexibility index (Phi) is 7.30. The number of nitrogens with zero attached hydrogens (tertiary/aromatic N) is 1. The fourth-order valence-corrected chi connectivity index (χ4v) is 6.38. The number of carbonyl (C=O) groups excluding carboxylic acids is 1. The van der Waals surface area contributed by atoms with E-state index < -0.39 is 11.5 Å². The smallest absolute Gasteiger partial charge is 0.322 e. The largest absolute Gasteiger partial charge is 0.481 e. The topological polar surface area (TPSA) is 69.6 Å². The van der Waals surface area contributed by atoms with E-state index in [9.17, 15) is 14.7 Å². The van der Waals surface area contributed by atoms with Crippen LogP contribution in [0.2, 0.25) is 5.02 Å². The third kappa shape index (κ3) is 5.40. The van der Waals surface area contributed by atoms with Crippen LogP contribution in [0, 0.1) is 23.2 Å². The SMILES string of the molecule is CC(C)C1CC[C@]2(c3ccc(CCC(C)(C)C)c(Cl)c3)NC(=O)N([C@H]3CC[C@@H](C(=O)O)C3)C=C2C1. The lowest BCUT2D eigenvalue weighted by molar-refractivity contribution is -0.141. The van der Waals surface area contributed by atoms with E-state index in [1.54, 1.807) is 4.90 Å². The van der Waals surface area contributed by atoms with Crippen molar-refractivity contribution in [3.8, 4) is 0 Å². The number of fused-ring (bicyclic) bond motifs is 1. The quantitative estimate of drug-likeness (QED) is 0.436. The molecule has 4 rings (SSSR count). The van der Waals surface area contributed by atoms with Crippen LogP contribution in [0.3, 0.4) is 0 Å². The fraction of sp³-hybridized carbons (Fsp3) is 0.655. The van der Waals surface area contributed by atoms with Crippen LogP contribution in [-0.4, -0.2) is 28.0 Å². The van der Waals surface area contributed by atoms with Crippen molar-refractivity contribution < 1.29 is 14.7 Å². The lowest BCUT2D eigenvalue weighted by Crippen LogP contribution is -2.58. The molecular weight excluding hydrogens is 460 g/mol. The Labute approximate surface area is 215 Å². The Balaban J connectivity index is 1.67. The molecule has 192 valence electrons. The van der Waals surface area contributed by atoms with E-state index in [1.165, 1.54) is 5.57 Å². The average Bonchev–Trinajstić information content (AvgIpc) is 3.27. The summed E-state index contributed by atoms with van der Waals surface area (Å²) in [6.45, 7) is 11.3. The monoisotopic (exact) mass is 500 g/mol. The van der Waals surface area contributed by atoms with Crippen LogP contribution in [0.1, 0.15) is 90.7 Å². The Morgan fingerprint density at radius 1 is 1.26 bits per heavy atom. The first kappa shape index (κ1) is 26.1. The number of urea groups is 1. The summed E-state index contributed by atoms with van der Waals surface area (Å²) in [7, 11) is 0. The van der Waals surface area contributed by atoms with Gasteiger partial charge in [0.25, 0.3) is 0 Å². The zero-order valence-electron chi connectivity index (χ0n) is 21.9. The summed E-state index contributed by atoms with van der Waals surface area (Å²) in [5.41, 5.74) is 3.12. The molecule has 1 heterocycles. The highest BCUT2D eigenvalue weighted by Crippen LogP contribution is 2.49. The normalized spacial score (nSPS) is 29.1. The molecule has 5 nitrogen and oxygen atoms in total. The number of rotatable bonds is 6. The van der Waals surface area contributed by atoms with Gasteiger partial charge in [-0.05, 0) is 91.4 Å². The lowest BCUT2D eigenvalue weighted by Gasteiger charge is -2.49. The van der Waals surface area contributed by atoms with Gasteiger partial charge in [-0.1, -0.05) is 58.4 Å².